The lowest BCUT2D eigenvalue weighted by atomic mass is 10.0. The van der Waals surface area contributed by atoms with Crippen LogP contribution in [0.4, 0.5) is 5.69 Å². The van der Waals surface area contributed by atoms with Crippen molar-refractivity contribution in [2.24, 2.45) is 10.1 Å². The topological polar surface area (TPSA) is 67.0 Å². The van der Waals surface area contributed by atoms with Crippen LogP contribution in [-0.2, 0) is 0 Å². The Morgan fingerprint density at radius 1 is 1.45 bits per heavy atom. The van der Waals surface area contributed by atoms with Crippen molar-refractivity contribution in [2.75, 3.05) is 20.1 Å². The molecule has 6 nitrogen and oxygen atoms in total. The second kappa shape index (κ2) is 5.78. The normalized spacial score (nSPS) is 21.4. The van der Waals surface area contributed by atoms with E-state index in [1.165, 1.54) is 0 Å². The molecule has 6 heteroatoms. The van der Waals surface area contributed by atoms with E-state index in [1.54, 1.807) is 6.21 Å². The molecule has 1 aromatic carbocycles. The van der Waals surface area contributed by atoms with E-state index in [2.05, 4.69) is 28.3 Å². The van der Waals surface area contributed by atoms with E-state index in [1.807, 2.05) is 37.2 Å². The number of nitriles is 1. The Bertz CT molecular complexity index is 666. The maximum Gasteiger partial charge on any atom is 0.223 e. The second-order valence-corrected chi connectivity index (χ2v) is 5.58. The van der Waals surface area contributed by atoms with Crippen LogP contribution in [0.1, 0.15) is 31.0 Å². The summed E-state index contributed by atoms with van der Waals surface area (Å²) in [5.41, 5.74) is 2.62. The molecule has 2 aliphatic rings. The monoisotopic (exact) mass is 296 g/mol. The van der Waals surface area contributed by atoms with Crippen molar-refractivity contribution in [3.05, 3.63) is 29.3 Å². The van der Waals surface area contributed by atoms with E-state index in [4.69, 9.17) is 10.3 Å². The fourth-order valence-corrected chi connectivity index (χ4v) is 2.84. The van der Waals surface area contributed by atoms with Crippen molar-refractivity contribution in [2.45, 2.75) is 25.9 Å². The number of benzene rings is 1. The highest BCUT2D eigenvalue weighted by atomic mass is 15.6. The smallest absolute Gasteiger partial charge is 0.223 e. The Labute approximate surface area is 130 Å². The molecule has 0 spiro atoms. The molecule has 3 rings (SSSR count). The molecular formula is C16H20N6. The minimum absolute atomic E-state index is 0.0561. The number of hydrazone groups is 1. The van der Waals surface area contributed by atoms with Gasteiger partial charge in [-0.2, -0.15) is 10.4 Å². The van der Waals surface area contributed by atoms with Crippen LogP contribution < -0.4 is 5.32 Å². The van der Waals surface area contributed by atoms with Gasteiger partial charge in [-0.05, 0) is 39.1 Å². The summed E-state index contributed by atoms with van der Waals surface area (Å²) >= 11 is 0. The third-order valence-electron chi connectivity index (χ3n) is 4.21. The van der Waals surface area contributed by atoms with Crippen molar-refractivity contribution in [3.63, 3.8) is 0 Å². The summed E-state index contributed by atoms with van der Waals surface area (Å²) in [4.78, 5) is 7.01. The van der Waals surface area contributed by atoms with Crippen LogP contribution >= 0.6 is 0 Å². The van der Waals surface area contributed by atoms with Crippen molar-refractivity contribution >= 4 is 17.9 Å². The van der Waals surface area contributed by atoms with Gasteiger partial charge in [0.2, 0.25) is 5.96 Å². The fourth-order valence-electron chi connectivity index (χ4n) is 2.84. The predicted molar refractivity (Wildman–Crippen MR) is 87.1 cm³/mol. The number of guanidine groups is 1. The summed E-state index contributed by atoms with van der Waals surface area (Å²) in [7, 11) is 1.98. The average molecular weight is 296 g/mol. The van der Waals surface area contributed by atoms with Crippen LogP contribution in [0.5, 0.6) is 0 Å². The Kier molecular flexibility index (Phi) is 3.82. The molecule has 1 saturated heterocycles. The maximum absolute atomic E-state index is 9.09. The molecule has 22 heavy (non-hydrogen) atoms. The third-order valence-corrected chi connectivity index (χ3v) is 4.21. The Balaban J connectivity index is 1.99. The van der Waals surface area contributed by atoms with Gasteiger partial charge in [0, 0.05) is 30.9 Å². The van der Waals surface area contributed by atoms with E-state index in [0.29, 0.717) is 11.6 Å². The minimum Gasteiger partial charge on any atom is -0.338 e. The highest BCUT2D eigenvalue weighted by molar-refractivity contribution is 5.87. The van der Waals surface area contributed by atoms with E-state index < -0.39 is 0 Å². The van der Waals surface area contributed by atoms with Gasteiger partial charge >= 0.3 is 0 Å². The zero-order chi connectivity index (χ0) is 15.7. The third kappa shape index (κ3) is 2.34. The number of nitrogens with zero attached hydrogens (tertiary/aromatic N) is 5. The summed E-state index contributed by atoms with van der Waals surface area (Å²) in [6, 6.07) is 8.40. The van der Waals surface area contributed by atoms with E-state index in [-0.39, 0.29) is 6.04 Å². The first-order valence-corrected chi connectivity index (χ1v) is 7.50. The zero-order valence-electron chi connectivity index (χ0n) is 13.1. The summed E-state index contributed by atoms with van der Waals surface area (Å²) < 4.78 is 0. The van der Waals surface area contributed by atoms with Crippen molar-refractivity contribution < 1.29 is 0 Å². The molecule has 0 radical (unpaired) electrons. The lowest BCUT2D eigenvalue weighted by Gasteiger charge is -2.45. The van der Waals surface area contributed by atoms with Gasteiger partial charge in [-0.1, -0.05) is 0 Å². The molecular weight excluding hydrogens is 276 g/mol. The molecule has 0 aliphatic carbocycles. The molecule has 2 heterocycles. The molecule has 1 N–H and O–H groups in total. The van der Waals surface area contributed by atoms with Gasteiger partial charge in [0.25, 0.3) is 0 Å². The number of aliphatic imine (C=N–C) groups is 1. The van der Waals surface area contributed by atoms with E-state index >= 15 is 0 Å². The van der Waals surface area contributed by atoms with Crippen molar-refractivity contribution in [1.82, 2.24) is 15.2 Å². The van der Waals surface area contributed by atoms with Gasteiger partial charge in [-0.3, -0.25) is 0 Å². The number of hydrogen-bond acceptors (Lipinski definition) is 6. The highest BCUT2D eigenvalue weighted by Crippen LogP contribution is 2.36. The van der Waals surface area contributed by atoms with E-state index in [0.717, 1.165) is 30.3 Å². The number of likely N-dealkylation sites (tertiary alicyclic amines) is 1. The van der Waals surface area contributed by atoms with Crippen LogP contribution in [0.15, 0.2) is 28.3 Å². The van der Waals surface area contributed by atoms with Gasteiger partial charge < -0.3 is 10.2 Å². The number of fused-ring (bicyclic) bond motifs is 1. The summed E-state index contributed by atoms with van der Waals surface area (Å²) in [6.07, 6.45) is 1.78. The number of hydrogen-bond donors (Lipinski definition) is 1. The summed E-state index contributed by atoms with van der Waals surface area (Å²) in [6.45, 7) is 5.86. The van der Waals surface area contributed by atoms with Gasteiger partial charge in [0.05, 0.1) is 23.4 Å². The first-order chi connectivity index (χ1) is 10.7. The maximum atomic E-state index is 9.09. The van der Waals surface area contributed by atoms with Gasteiger partial charge in [-0.25, -0.2) is 10.0 Å². The fraction of sp³-hybridized carbons (Fsp3) is 0.438. The van der Waals surface area contributed by atoms with E-state index in [9.17, 15) is 0 Å². The van der Waals surface area contributed by atoms with Crippen molar-refractivity contribution in [3.8, 4) is 6.07 Å². The van der Waals surface area contributed by atoms with Crippen LogP contribution in [0.25, 0.3) is 0 Å². The van der Waals surface area contributed by atoms with Crippen molar-refractivity contribution in [1.29, 1.82) is 5.26 Å². The highest BCUT2D eigenvalue weighted by Gasteiger charge is 2.36. The Hall–Kier alpha value is -2.39. The zero-order valence-corrected chi connectivity index (χ0v) is 13.1. The molecule has 1 atom stereocenters. The molecule has 1 unspecified atom stereocenters. The minimum atomic E-state index is 0.0561. The molecule has 0 bridgehead atoms. The number of likely N-dealkylation sites (N-methyl/N-ethyl adjacent to an activating group) is 1. The first-order valence-electron chi connectivity index (χ1n) is 7.50. The first kappa shape index (κ1) is 14.5. The SMILES string of the molecule is C/C=N\N1C(N2CC(NC)C2)=Nc2ccc(C#N)cc2C1C. The molecule has 114 valence electrons. The molecule has 0 saturated carbocycles. The van der Waals surface area contributed by atoms with Crippen LogP contribution in [0.3, 0.4) is 0 Å². The standard InChI is InChI=1S/C16H20N6/c1-4-19-22-11(2)14-7-12(8-17)5-6-15(14)20-16(22)21-9-13(10-21)18-3/h4-7,11,13,18H,9-10H2,1-3H3/b19-4-. The molecule has 1 aromatic rings. The Morgan fingerprint density at radius 3 is 2.86 bits per heavy atom. The number of rotatable bonds is 2. The van der Waals surface area contributed by atoms with Crippen LogP contribution in [0.2, 0.25) is 0 Å². The number of nitrogens with one attached hydrogen (secondary N) is 1. The van der Waals surface area contributed by atoms with Crippen LogP contribution in [0, 0.1) is 11.3 Å². The molecule has 0 aromatic heterocycles. The quantitative estimate of drug-likeness (QED) is 0.846. The lowest BCUT2D eigenvalue weighted by Crippen LogP contribution is -2.62. The van der Waals surface area contributed by atoms with Crippen LogP contribution in [-0.4, -0.2) is 48.3 Å². The van der Waals surface area contributed by atoms with Gasteiger partial charge in [0.15, 0.2) is 0 Å². The summed E-state index contributed by atoms with van der Waals surface area (Å²) in [5.74, 6) is 0.884. The molecule has 0 amide bonds. The van der Waals surface area contributed by atoms with Gasteiger partial charge in [0.1, 0.15) is 0 Å². The second-order valence-electron chi connectivity index (χ2n) is 5.58. The largest absolute Gasteiger partial charge is 0.338 e. The molecule has 2 aliphatic heterocycles. The van der Waals surface area contributed by atoms with Gasteiger partial charge in [-0.15, -0.1) is 0 Å². The Morgan fingerprint density at radius 2 is 2.23 bits per heavy atom. The summed E-state index contributed by atoms with van der Waals surface area (Å²) in [5, 5.41) is 18.8. The molecule has 1 fully saturated rings. The average Bonchev–Trinajstić information content (AvgIpc) is 2.49. The lowest BCUT2D eigenvalue weighted by molar-refractivity contribution is 0.180. The predicted octanol–water partition coefficient (Wildman–Crippen LogP) is 1.83.